The molecule has 7 saturated heterocycles. The summed E-state index contributed by atoms with van der Waals surface area (Å²) in [5, 5.41) is 255. The molecule has 13 aliphatic rings. The van der Waals surface area contributed by atoms with Crippen molar-refractivity contribution in [2.24, 2.45) is 62.6 Å². The lowest BCUT2D eigenvalue weighted by molar-refractivity contribution is -0.395. The Morgan fingerprint density at radius 1 is 0.514 bits per heavy atom. The highest BCUT2D eigenvalue weighted by atomic mass is 16.8. The van der Waals surface area contributed by atoms with Crippen LogP contribution in [0.4, 0.5) is 0 Å². The number of carboxylic acid groups (broad SMARTS) is 1. The number of aliphatic hydroxyl groups is 22. The van der Waals surface area contributed by atoms with Gasteiger partial charge in [0.2, 0.25) is 12.0 Å². The lowest BCUT2D eigenvalue weighted by Gasteiger charge is -2.68. The molecule has 0 aromatic heterocycles. The number of carbonyl (C=O) groups is 5. The van der Waals surface area contributed by atoms with E-state index in [4.69, 9.17) is 85.3 Å². The van der Waals surface area contributed by atoms with Crippen molar-refractivity contribution in [2.75, 3.05) is 39.6 Å². The minimum absolute atomic E-state index is 0.0776. The van der Waals surface area contributed by atoms with E-state index in [2.05, 4.69) is 33.8 Å². The van der Waals surface area contributed by atoms with E-state index in [-0.39, 0.29) is 49.9 Å². The maximum absolute atomic E-state index is 16.4. The average molecular weight is 1990 g/mol. The summed E-state index contributed by atoms with van der Waals surface area (Å²) in [7, 11) is 0. The highest BCUT2D eigenvalue weighted by Gasteiger charge is 2.70. The molecule has 0 amide bonds. The Kier molecular flexibility index (Phi) is 35.5. The molecule has 23 N–H and O–H groups in total. The zero-order chi connectivity index (χ0) is 101. The number of carboxylic acids is 1. The van der Waals surface area contributed by atoms with Gasteiger partial charge in [-0.3, -0.25) is 14.4 Å². The van der Waals surface area contributed by atoms with Crippen LogP contribution in [0.25, 0.3) is 0 Å². The van der Waals surface area contributed by atoms with E-state index in [1.807, 2.05) is 6.92 Å². The highest BCUT2D eigenvalue weighted by molar-refractivity contribution is 5.79. The molecule has 138 heavy (non-hydrogen) atoms. The first kappa shape index (κ1) is 110. The summed E-state index contributed by atoms with van der Waals surface area (Å²) in [4.78, 5) is 71.8. The summed E-state index contributed by atoms with van der Waals surface area (Å²) >= 11 is 0. The standard InChI is InChI=1S/C92H146O46/c1-12-36(3)45(99)24-40(97)26-54(102)126-48(37(4)13-2)25-41(98)27-55(103)130-68-38(5)125-83(74(64(68)112)136-82-67(115)72(134-80-62(110)59(107)57(105)49(29-93)127-80)69(39(6)124-82)131-79-66(114)70(47(101)32-122-79)132-85-76(116)92(120,34-96)35-123-85)138-86(119)91-21-16-43-42(44(91)28-87(7,8)22-23-91)14-15-51-88(43,9)19-17-52-89(51,10)20-18-53(90(52,11)33-95)129-84-75(137-81-63(111)60(108)58(106)50(30-94)128-81)71(65(113)73(135-84)77(117)118)133-78-61(109)56(104)46(100)31-121-78/h14,33,36-41,43-53,56-75,78-84,93-94,96-101,104-116,120H,12-13,15-32,34-35H2,1-11H3,(H,117,118)/t36-,37-,38+,39-,40-,41-,43?,44-,45-,46+,47+,48-,49+,50+,51-,52+,53-,56-,57+,58-,59-,60-,61+,62+,63+,64-,65-,66+,67+,68-,69-,70-,71-,72-,73-,74+,75+,78-,79-,80-,81-,82-,83-,84+,88-,89+,90-,91+,92+/m0/s1. The van der Waals surface area contributed by atoms with Crippen molar-refractivity contribution in [2.45, 2.75) is 418 Å². The molecule has 11 fully saturated rings. The second-order valence-electron chi connectivity index (χ2n) is 42.1. The minimum atomic E-state index is -2.34. The van der Waals surface area contributed by atoms with Gasteiger partial charge in [-0.1, -0.05) is 86.8 Å². The van der Waals surface area contributed by atoms with Gasteiger partial charge in [0, 0.05) is 12.8 Å². The first-order valence-corrected chi connectivity index (χ1v) is 48.2. The molecule has 13 rings (SSSR count). The Hall–Kier alpha value is -4.93. The molecule has 8 aliphatic heterocycles. The van der Waals surface area contributed by atoms with Crippen molar-refractivity contribution in [3.63, 3.8) is 0 Å². The number of carbonyl (C=O) groups excluding carboxylic acids is 4. The summed E-state index contributed by atoms with van der Waals surface area (Å²) in [6.07, 6.45) is -64.8. The molecular formula is C92H146O46. The lowest BCUT2D eigenvalue weighted by Crippen LogP contribution is -2.68. The third-order valence-electron chi connectivity index (χ3n) is 32.5. The number of aldehydes is 1. The van der Waals surface area contributed by atoms with Crippen molar-refractivity contribution < 1.29 is 227 Å². The second kappa shape index (κ2) is 44.4. The quantitative estimate of drug-likeness (QED) is 0.00933. The van der Waals surface area contributed by atoms with Crippen molar-refractivity contribution in [1.82, 2.24) is 0 Å². The predicted octanol–water partition coefficient (Wildman–Crippen LogP) is -4.65. The first-order valence-electron chi connectivity index (χ1n) is 48.2. The molecule has 8 heterocycles. The number of aliphatic carboxylic acids is 1. The molecule has 5 aliphatic carbocycles. The molecule has 49 atom stereocenters. The zero-order valence-electron chi connectivity index (χ0n) is 79.3. The highest BCUT2D eigenvalue weighted by Crippen LogP contribution is 2.73. The largest absolute Gasteiger partial charge is 0.503 e. The monoisotopic (exact) mass is 1990 g/mol. The second-order valence-corrected chi connectivity index (χ2v) is 42.1. The third kappa shape index (κ3) is 21.9. The topological polar surface area (TPSA) is 717 Å². The van der Waals surface area contributed by atoms with Gasteiger partial charge >= 0.3 is 29.8 Å². The van der Waals surface area contributed by atoms with Gasteiger partial charge in [-0.25, -0.2) is 4.79 Å². The van der Waals surface area contributed by atoms with Crippen LogP contribution in [0, 0.1) is 62.6 Å². The molecule has 0 spiro atoms. The van der Waals surface area contributed by atoms with Gasteiger partial charge in [-0.15, -0.1) is 0 Å². The van der Waals surface area contributed by atoms with Crippen LogP contribution in [0.3, 0.4) is 0 Å². The van der Waals surface area contributed by atoms with Crippen LogP contribution in [0.2, 0.25) is 0 Å². The molecule has 790 valence electrons. The third-order valence-corrected chi connectivity index (χ3v) is 32.5. The van der Waals surface area contributed by atoms with E-state index in [9.17, 15) is 137 Å². The molecule has 0 radical (unpaired) electrons. The fraction of sp³-hybridized carbons (Fsp3) is 0.902. The summed E-state index contributed by atoms with van der Waals surface area (Å²) in [6.45, 7) is 15.1. The number of esters is 3. The van der Waals surface area contributed by atoms with E-state index < -0.39 is 372 Å². The number of rotatable bonds is 35. The van der Waals surface area contributed by atoms with Gasteiger partial charge < -0.3 is 208 Å². The number of hydrogen-bond acceptors (Lipinski definition) is 45. The summed E-state index contributed by atoms with van der Waals surface area (Å²) < 4.78 is 110. The first-order chi connectivity index (χ1) is 64.9. The van der Waals surface area contributed by atoms with Gasteiger partial charge in [-0.2, -0.15) is 0 Å². The fourth-order valence-electron chi connectivity index (χ4n) is 23.6. The number of aliphatic hydroxyl groups excluding tert-OH is 21. The molecule has 0 bridgehead atoms. The van der Waals surface area contributed by atoms with Crippen LogP contribution in [-0.2, 0) is 109 Å². The van der Waals surface area contributed by atoms with Gasteiger partial charge in [0.1, 0.15) is 141 Å². The molecule has 46 nitrogen and oxygen atoms in total. The smallest absolute Gasteiger partial charge is 0.335 e. The van der Waals surface area contributed by atoms with Crippen LogP contribution in [0.1, 0.15) is 179 Å². The van der Waals surface area contributed by atoms with E-state index in [1.54, 1.807) is 27.7 Å². The van der Waals surface area contributed by atoms with Crippen LogP contribution in [0.15, 0.2) is 23.4 Å². The van der Waals surface area contributed by atoms with E-state index >= 15 is 4.79 Å². The number of allylic oxidation sites excluding steroid dienone is 2. The Bertz CT molecular complexity index is 4140. The number of fused-ring (bicyclic) bond motifs is 7. The maximum Gasteiger partial charge on any atom is 0.335 e. The van der Waals surface area contributed by atoms with Gasteiger partial charge in [0.15, 0.2) is 67.8 Å². The van der Waals surface area contributed by atoms with E-state index in [0.717, 1.165) is 11.9 Å². The molecule has 0 aromatic carbocycles. The van der Waals surface area contributed by atoms with E-state index in [1.165, 1.54) is 13.8 Å². The number of hydrogen-bond donors (Lipinski definition) is 23. The van der Waals surface area contributed by atoms with Gasteiger partial charge in [0.25, 0.3) is 0 Å². The van der Waals surface area contributed by atoms with Crippen LogP contribution in [0.5, 0.6) is 0 Å². The number of ether oxygens (including phenoxy) is 18. The van der Waals surface area contributed by atoms with Crippen molar-refractivity contribution in [1.29, 1.82) is 0 Å². The summed E-state index contributed by atoms with van der Waals surface area (Å²) in [5.74, 6) is -8.43. The normalized spacial score (nSPS) is 47.1. The lowest BCUT2D eigenvalue weighted by atomic mass is 9.37. The summed E-state index contributed by atoms with van der Waals surface area (Å²) in [6, 6.07) is 0. The Balaban J connectivity index is 0.787. The van der Waals surface area contributed by atoms with Crippen molar-refractivity contribution >= 4 is 30.2 Å². The molecule has 1 unspecified atom stereocenters. The molecular weight excluding hydrogens is 1840 g/mol. The molecule has 4 saturated carbocycles. The fourth-order valence-corrected chi connectivity index (χ4v) is 23.6. The maximum atomic E-state index is 16.4. The predicted molar refractivity (Wildman–Crippen MR) is 458 cm³/mol. The van der Waals surface area contributed by atoms with Gasteiger partial charge in [0.05, 0.1) is 93.3 Å². The van der Waals surface area contributed by atoms with Crippen LogP contribution < -0.4 is 0 Å². The van der Waals surface area contributed by atoms with Crippen molar-refractivity contribution in [3.8, 4) is 0 Å². The van der Waals surface area contributed by atoms with Crippen molar-refractivity contribution in [3.05, 3.63) is 23.4 Å². The SMILES string of the molecule is CC[C@H](C)[C@H](C[C@H](O)CC(=O)O[C@@H]1[C@H](O)[C@@H](O[C@@H]2O[C@@H](C)[C@H](O[C@@H]3OC[C@@H](O)[C@H](OC4=C(O)[C@@](O)(CO)CO4)[C@H]3O)[C@@H](O[C@@H]3O[C@H](CO)[C@@H](O)[C@H](O)[C@H]3O)[C@H]2O)[C@H](OC(=O)[C@@]23CCC4C(=CC[C@@H]5[C@@]6(C)CC[C@H](O[C@@H]7O[C@H](C(=O)O)[C@@H](O)[C@H](O[C@@H]8OC[C@@H](O)[C@H](O)[C@H]8O)[C@H]7O[C@@H]7O[C@H](CO)[C@H](O)[C@H](O)[C@H]7O)[C@@](C)(C=O)[C@@H]6CC[C@@]45C)[C@@H]2CC(C)(C)CC3)O[C@@H]1C)OC(=O)C[C@@H](O)C[C@H](O)[C@@H](C)CC. The summed E-state index contributed by atoms with van der Waals surface area (Å²) in [5.41, 5.74) is -5.90. The zero-order valence-corrected chi connectivity index (χ0v) is 79.3. The van der Waals surface area contributed by atoms with Crippen LogP contribution in [-0.4, -0.2) is 426 Å². The molecule has 0 aromatic rings. The minimum Gasteiger partial charge on any atom is -0.503 e. The van der Waals surface area contributed by atoms with Gasteiger partial charge in [-0.05, 0) is 130 Å². The van der Waals surface area contributed by atoms with E-state index in [0.29, 0.717) is 57.8 Å². The Morgan fingerprint density at radius 3 is 1.67 bits per heavy atom. The average Bonchev–Trinajstić information content (AvgIpc) is 0.693. The molecule has 46 heteroatoms. The van der Waals surface area contributed by atoms with Crippen LogP contribution >= 0.6 is 0 Å². The Labute approximate surface area is 797 Å². The Morgan fingerprint density at radius 2 is 1.06 bits per heavy atom.